The third kappa shape index (κ3) is 4.01. The molecule has 23 heavy (non-hydrogen) atoms. The number of aliphatic imine (C=N–C) groups is 1. The number of amidine groups is 1. The van der Waals surface area contributed by atoms with Crippen molar-refractivity contribution in [2.75, 3.05) is 32.7 Å². The Morgan fingerprint density at radius 2 is 2.04 bits per heavy atom. The summed E-state index contributed by atoms with van der Waals surface area (Å²) in [4.78, 5) is 20.6. The summed E-state index contributed by atoms with van der Waals surface area (Å²) in [6.45, 7) is 4.67. The van der Waals surface area contributed by atoms with Gasteiger partial charge in [0.1, 0.15) is 0 Å². The number of amides is 1. The Morgan fingerprint density at radius 1 is 1.30 bits per heavy atom. The number of carbonyl (C=O) groups is 1. The molecular weight excluding hydrogens is 308 g/mol. The Kier molecular flexibility index (Phi) is 5.11. The van der Waals surface area contributed by atoms with Gasteiger partial charge in [-0.1, -0.05) is 30.3 Å². The molecule has 5 nitrogen and oxygen atoms in total. The van der Waals surface area contributed by atoms with Crippen LogP contribution in [0.4, 0.5) is 0 Å². The van der Waals surface area contributed by atoms with Crippen LogP contribution < -0.4 is 4.90 Å². The van der Waals surface area contributed by atoms with Gasteiger partial charge in [0.2, 0.25) is 0 Å². The van der Waals surface area contributed by atoms with Gasteiger partial charge in [0, 0.05) is 0 Å². The molecule has 1 N–H and O–H groups in total. The Bertz CT molecular complexity index is 670. The molecule has 2 aliphatic rings. The zero-order chi connectivity index (χ0) is 16.1. The molecular formula is C17H19N4OS+. The van der Waals surface area contributed by atoms with E-state index in [2.05, 4.69) is 16.0 Å². The van der Waals surface area contributed by atoms with Crippen LogP contribution in [0, 0.1) is 11.3 Å². The first-order valence-corrected chi connectivity index (χ1v) is 8.61. The number of benzene rings is 1. The lowest BCUT2D eigenvalue weighted by Crippen LogP contribution is -3.14. The number of carbonyl (C=O) groups excluding carboxylic acids is 1. The fraction of sp³-hybridized carbons (Fsp3) is 0.353. The van der Waals surface area contributed by atoms with Crippen LogP contribution in [-0.2, 0) is 4.79 Å². The molecule has 2 aliphatic heterocycles. The molecule has 1 fully saturated rings. The third-order valence-electron chi connectivity index (χ3n) is 4.04. The Morgan fingerprint density at radius 3 is 2.74 bits per heavy atom. The molecule has 0 bridgehead atoms. The van der Waals surface area contributed by atoms with E-state index in [1.54, 1.807) is 0 Å². The number of nitriles is 1. The van der Waals surface area contributed by atoms with Gasteiger partial charge >= 0.3 is 0 Å². The summed E-state index contributed by atoms with van der Waals surface area (Å²) in [5.74, 6) is -0.145. The Labute approximate surface area is 140 Å². The third-order valence-corrected chi connectivity index (χ3v) is 5.08. The summed E-state index contributed by atoms with van der Waals surface area (Å²) in [5, 5.41) is 9.48. The van der Waals surface area contributed by atoms with Crippen LogP contribution in [0.2, 0.25) is 0 Å². The Hall–Kier alpha value is -2.10. The highest BCUT2D eigenvalue weighted by Gasteiger charge is 2.29. The second kappa shape index (κ2) is 7.44. The summed E-state index contributed by atoms with van der Waals surface area (Å²) >= 11 is 1.47. The van der Waals surface area contributed by atoms with Crippen LogP contribution in [0.25, 0.3) is 6.08 Å². The van der Waals surface area contributed by atoms with Crippen molar-refractivity contribution in [3.63, 3.8) is 0 Å². The largest absolute Gasteiger partial charge is 0.339 e. The van der Waals surface area contributed by atoms with Crippen molar-refractivity contribution >= 4 is 28.9 Å². The molecule has 0 radical (unpaired) electrons. The van der Waals surface area contributed by atoms with E-state index in [9.17, 15) is 4.79 Å². The summed E-state index contributed by atoms with van der Waals surface area (Å²) in [5.41, 5.74) is 1.02. The van der Waals surface area contributed by atoms with Gasteiger partial charge in [-0.15, -0.1) is 0 Å². The molecule has 118 valence electrons. The lowest BCUT2D eigenvalue weighted by Gasteiger charge is -2.32. The number of nitrogens with one attached hydrogen (secondary N) is 1. The number of nitrogens with zero attached hydrogens (tertiary/aromatic N) is 3. The van der Waals surface area contributed by atoms with Crippen LogP contribution in [0.5, 0.6) is 0 Å². The van der Waals surface area contributed by atoms with E-state index in [1.807, 2.05) is 36.4 Å². The van der Waals surface area contributed by atoms with Crippen molar-refractivity contribution in [2.45, 2.75) is 6.42 Å². The van der Waals surface area contributed by atoms with Gasteiger partial charge in [0.15, 0.2) is 5.17 Å². The summed E-state index contributed by atoms with van der Waals surface area (Å²) < 4.78 is 0. The molecule has 6 heteroatoms. The van der Waals surface area contributed by atoms with Crippen molar-refractivity contribution in [2.24, 2.45) is 4.99 Å². The molecule has 1 aromatic carbocycles. The van der Waals surface area contributed by atoms with E-state index in [0.717, 1.165) is 43.5 Å². The maximum Gasteiger partial charge on any atom is 0.286 e. The molecule has 0 spiro atoms. The molecule has 2 heterocycles. The normalized spacial score (nSPS) is 20.7. The fourth-order valence-electron chi connectivity index (χ4n) is 2.73. The van der Waals surface area contributed by atoms with Gasteiger partial charge in [0.05, 0.1) is 50.1 Å². The molecule has 1 aromatic rings. The SMILES string of the molecule is N#CCC[NH+]1CCN(C2=NC(=O)/C(=C/c3ccccc3)S2)CC1. The standard InChI is InChI=1S/C17H18N4OS/c18-7-4-8-20-9-11-21(12-10-20)17-19-16(22)15(23-17)13-14-5-2-1-3-6-14/h1-3,5-6,13H,4,8-12H2/p+1/b15-13-. The summed E-state index contributed by atoms with van der Waals surface area (Å²) in [6.07, 6.45) is 2.51. The molecule has 0 saturated carbocycles. The molecule has 1 saturated heterocycles. The predicted molar refractivity (Wildman–Crippen MR) is 91.8 cm³/mol. The van der Waals surface area contributed by atoms with E-state index in [4.69, 9.17) is 5.26 Å². The number of thioether (sulfide) groups is 1. The average molecular weight is 327 g/mol. The van der Waals surface area contributed by atoms with Gasteiger partial charge in [0.25, 0.3) is 5.91 Å². The summed E-state index contributed by atoms with van der Waals surface area (Å²) in [6, 6.07) is 12.0. The molecule has 3 rings (SSSR count). The highest BCUT2D eigenvalue weighted by atomic mass is 32.2. The predicted octanol–water partition coefficient (Wildman–Crippen LogP) is 0.771. The first-order chi connectivity index (χ1) is 11.3. The monoisotopic (exact) mass is 327 g/mol. The smallest absolute Gasteiger partial charge is 0.286 e. The zero-order valence-corrected chi connectivity index (χ0v) is 13.7. The lowest BCUT2D eigenvalue weighted by molar-refractivity contribution is -0.903. The highest BCUT2D eigenvalue weighted by Crippen LogP contribution is 2.30. The number of rotatable bonds is 3. The first kappa shape index (κ1) is 15.8. The van der Waals surface area contributed by atoms with Crippen molar-refractivity contribution in [1.29, 1.82) is 5.26 Å². The maximum absolute atomic E-state index is 12.1. The average Bonchev–Trinajstić information content (AvgIpc) is 2.95. The maximum atomic E-state index is 12.1. The van der Waals surface area contributed by atoms with Crippen molar-refractivity contribution in [3.8, 4) is 6.07 Å². The quantitative estimate of drug-likeness (QED) is 0.833. The minimum atomic E-state index is -0.145. The van der Waals surface area contributed by atoms with Crippen LogP contribution in [0.1, 0.15) is 12.0 Å². The van der Waals surface area contributed by atoms with Gasteiger partial charge in [-0.2, -0.15) is 10.3 Å². The van der Waals surface area contributed by atoms with Crippen molar-refractivity contribution < 1.29 is 9.69 Å². The van der Waals surface area contributed by atoms with E-state index >= 15 is 0 Å². The zero-order valence-electron chi connectivity index (χ0n) is 12.9. The number of quaternary nitrogens is 1. The fourth-order valence-corrected chi connectivity index (χ4v) is 3.70. The van der Waals surface area contributed by atoms with E-state index < -0.39 is 0 Å². The van der Waals surface area contributed by atoms with E-state index in [1.165, 1.54) is 16.7 Å². The minimum absolute atomic E-state index is 0.145. The summed E-state index contributed by atoms with van der Waals surface area (Å²) in [7, 11) is 0. The van der Waals surface area contributed by atoms with Gasteiger partial charge in [-0.25, -0.2) is 0 Å². The molecule has 0 unspecified atom stereocenters. The molecule has 0 aromatic heterocycles. The van der Waals surface area contributed by atoms with Crippen LogP contribution in [-0.4, -0.2) is 48.7 Å². The van der Waals surface area contributed by atoms with Crippen molar-refractivity contribution in [3.05, 3.63) is 40.8 Å². The van der Waals surface area contributed by atoms with Gasteiger partial charge in [-0.3, -0.25) is 4.79 Å². The van der Waals surface area contributed by atoms with Crippen LogP contribution >= 0.6 is 11.8 Å². The van der Waals surface area contributed by atoms with Gasteiger partial charge in [-0.05, 0) is 23.4 Å². The second-order valence-corrected chi connectivity index (χ2v) is 6.63. The number of hydrogen-bond donors (Lipinski definition) is 1. The van der Waals surface area contributed by atoms with Crippen molar-refractivity contribution in [1.82, 2.24) is 4.90 Å². The molecule has 1 amide bonds. The lowest BCUT2D eigenvalue weighted by atomic mass is 10.2. The number of piperazine rings is 1. The van der Waals surface area contributed by atoms with Crippen LogP contribution in [0.3, 0.4) is 0 Å². The topological polar surface area (TPSA) is 60.9 Å². The molecule has 0 atom stereocenters. The highest BCUT2D eigenvalue weighted by molar-refractivity contribution is 8.18. The Balaban J connectivity index is 1.59. The van der Waals surface area contributed by atoms with Crippen LogP contribution in [0.15, 0.2) is 40.2 Å². The van der Waals surface area contributed by atoms with E-state index in [0.29, 0.717) is 11.3 Å². The minimum Gasteiger partial charge on any atom is -0.339 e. The number of hydrogen-bond acceptors (Lipinski definition) is 4. The first-order valence-electron chi connectivity index (χ1n) is 7.79. The second-order valence-electron chi connectivity index (χ2n) is 5.62. The van der Waals surface area contributed by atoms with E-state index in [-0.39, 0.29) is 5.91 Å². The van der Waals surface area contributed by atoms with Gasteiger partial charge < -0.3 is 9.80 Å². The molecule has 0 aliphatic carbocycles.